The van der Waals surface area contributed by atoms with Crippen LogP contribution in [0.4, 0.5) is 11.8 Å². The molecule has 0 saturated heterocycles. The van der Waals surface area contributed by atoms with Crippen molar-refractivity contribution in [3.63, 3.8) is 0 Å². The van der Waals surface area contributed by atoms with Gasteiger partial charge in [-0.3, -0.25) is 18.7 Å². The molecule has 2 atom stereocenters. The Labute approximate surface area is 208 Å². The number of hydrogen-bond acceptors (Lipinski definition) is 6. The first-order valence-corrected chi connectivity index (χ1v) is 11.5. The lowest BCUT2D eigenvalue weighted by molar-refractivity contribution is -0.138. The number of halogens is 2. The van der Waals surface area contributed by atoms with Gasteiger partial charge in [0.05, 0.1) is 22.5 Å². The zero-order valence-corrected chi connectivity index (χ0v) is 20.2. The second-order valence-electron chi connectivity index (χ2n) is 8.51. The fraction of sp³-hybridized carbons (Fsp3) is 0.261. The van der Waals surface area contributed by atoms with E-state index in [2.05, 4.69) is 15.3 Å². The highest BCUT2D eigenvalue weighted by molar-refractivity contribution is 6.42. The van der Waals surface area contributed by atoms with Crippen molar-refractivity contribution >= 4 is 52.1 Å². The number of anilines is 2. The zero-order valence-electron chi connectivity index (χ0n) is 18.7. The maximum atomic E-state index is 13.3. The molecule has 4 aromatic rings. The Morgan fingerprint density at radius 1 is 1.11 bits per heavy atom. The molecule has 1 aliphatic carbocycles. The molecule has 0 aliphatic heterocycles. The quantitative estimate of drug-likeness (QED) is 0.405. The van der Waals surface area contributed by atoms with Crippen LogP contribution in [0.3, 0.4) is 0 Å². The monoisotopic (exact) mass is 514 g/mol. The number of benzene rings is 1. The van der Waals surface area contributed by atoms with Gasteiger partial charge >= 0.3 is 11.7 Å². The van der Waals surface area contributed by atoms with Crippen LogP contribution < -0.4 is 16.6 Å². The molecule has 180 valence electrons. The van der Waals surface area contributed by atoms with Crippen LogP contribution in [0.1, 0.15) is 23.6 Å². The number of aliphatic carboxylic acids is 1. The molecule has 0 amide bonds. The van der Waals surface area contributed by atoms with E-state index < -0.39 is 23.1 Å². The maximum Gasteiger partial charge on any atom is 0.332 e. The Bertz CT molecular complexity index is 1620. The molecule has 1 aromatic carbocycles. The number of nitrogens with zero attached hydrogens (tertiary/aromatic N) is 5. The van der Waals surface area contributed by atoms with Gasteiger partial charge in [-0.05, 0) is 36.2 Å². The Morgan fingerprint density at radius 2 is 1.89 bits per heavy atom. The van der Waals surface area contributed by atoms with E-state index in [1.807, 2.05) is 0 Å². The summed E-state index contributed by atoms with van der Waals surface area (Å²) in [5.41, 5.74) is 0.767. The molecule has 0 bridgehead atoms. The average Bonchev–Trinajstić information content (AvgIpc) is 3.57. The van der Waals surface area contributed by atoms with Crippen LogP contribution in [-0.4, -0.2) is 34.7 Å². The van der Waals surface area contributed by atoms with Crippen molar-refractivity contribution in [1.82, 2.24) is 23.7 Å². The van der Waals surface area contributed by atoms with E-state index in [4.69, 9.17) is 23.2 Å². The summed E-state index contributed by atoms with van der Waals surface area (Å²) in [4.78, 5) is 46.5. The first-order valence-electron chi connectivity index (χ1n) is 10.7. The fourth-order valence-electron chi connectivity index (χ4n) is 4.15. The van der Waals surface area contributed by atoms with E-state index in [-0.39, 0.29) is 23.6 Å². The van der Waals surface area contributed by atoms with Gasteiger partial charge in [-0.15, -0.1) is 0 Å². The van der Waals surface area contributed by atoms with E-state index in [1.54, 1.807) is 55.1 Å². The fourth-order valence-corrected chi connectivity index (χ4v) is 4.47. The molecular weight excluding hydrogens is 495 g/mol. The summed E-state index contributed by atoms with van der Waals surface area (Å²) in [6.45, 7) is 0.0159. The zero-order chi connectivity index (χ0) is 25.0. The van der Waals surface area contributed by atoms with Crippen LogP contribution in [-0.2, 0) is 25.4 Å². The van der Waals surface area contributed by atoms with E-state index in [1.165, 1.54) is 4.57 Å². The van der Waals surface area contributed by atoms with E-state index in [0.717, 1.165) is 4.57 Å². The first kappa shape index (κ1) is 23.1. The van der Waals surface area contributed by atoms with Crippen molar-refractivity contribution in [2.45, 2.75) is 18.9 Å². The summed E-state index contributed by atoms with van der Waals surface area (Å²) in [6, 6.07) is 10.2. The largest absolute Gasteiger partial charge is 0.481 e. The molecule has 1 saturated carbocycles. The Balaban J connectivity index is 1.52. The number of carboxylic acids is 1. The molecule has 1 aliphatic rings. The summed E-state index contributed by atoms with van der Waals surface area (Å²) < 4.78 is 3.99. The lowest BCUT2D eigenvalue weighted by Crippen LogP contribution is -2.39. The Morgan fingerprint density at radius 3 is 2.57 bits per heavy atom. The predicted molar refractivity (Wildman–Crippen MR) is 132 cm³/mol. The summed E-state index contributed by atoms with van der Waals surface area (Å²) in [7, 11) is 3.21. The lowest BCUT2D eigenvalue weighted by Gasteiger charge is -2.09. The highest BCUT2D eigenvalue weighted by Crippen LogP contribution is 2.47. The van der Waals surface area contributed by atoms with E-state index >= 15 is 0 Å². The van der Waals surface area contributed by atoms with Crippen LogP contribution in [0.2, 0.25) is 10.0 Å². The van der Waals surface area contributed by atoms with Crippen molar-refractivity contribution < 1.29 is 9.90 Å². The number of aromatic nitrogens is 5. The molecule has 0 radical (unpaired) electrons. The highest BCUT2D eigenvalue weighted by Gasteiger charge is 2.45. The second kappa shape index (κ2) is 8.54. The molecule has 12 heteroatoms. The number of aryl methyl sites for hydroxylation is 2. The number of hydrogen-bond donors (Lipinski definition) is 2. The van der Waals surface area contributed by atoms with Crippen LogP contribution in [0, 0.1) is 5.92 Å². The Hall–Kier alpha value is -3.63. The molecule has 10 nitrogen and oxygen atoms in total. The van der Waals surface area contributed by atoms with Gasteiger partial charge in [0, 0.05) is 25.7 Å². The third kappa shape index (κ3) is 4.08. The van der Waals surface area contributed by atoms with Gasteiger partial charge < -0.3 is 15.0 Å². The number of imidazole rings is 1. The number of fused-ring (bicyclic) bond motifs is 1. The van der Waals surface area contributed by atoms with Gasteiger partial charge in [0.2, 0.25) is 5.95 Å². The Kier molecular flexibility index (Phi) is 5.65. The van der Waals surface area contributed by atoms with Crippen LogP contribution >= 0.6 is 23.2 Å². The van der Waals surface area contributed by atoms with E-state index in [9.17, 15) is 19.5 Å². The number of pyridine rings is 1. The highest BCUT2D eigenvalue weighted by atomic mass is 35.5. The van der Waals surface area contributed by atoms with Gasteiger partial charge in [0.15, 0.2) is 11.2 Å². The summed E-state index contributed by atoms with van der Waals surface area (Å²) in [5, 5.41) is 13.0. The van der Waals surface area contributed by atoms with Crippen LogP contribution in [0.15, 0.2) is 46.0 Å². The minimum atomic E-state index is -0.830. The summed E-state index contributed by atoms with van der Waals surface area (Å²) in [5.74, 6) is -0.600. The van der Waals surface area contributed by atoms with Gasteiger partial charge in [-0.25, -0.2) is 9.78 Å². The van der Waals surface area contributed by atoms with Crippen molar-refractivity contribution in [2.24, 2.45) is 20.0 Å². The maximum absolute atomic E-state index is 13.3. The van der Waals surface area contributed by atoms with Gasteiger partial charge in [0.1, 0.15) is 5.82 Å². The smallest absolute Gasteiger partial charge is 0.332 e. The lowest BCUT2D eigenvalue weighted by atomic mass is 10.2. The van der Waals surface area contributed by atoms with Crippen molar-refractivity contribution in [2.75, 3.05) is 5.32 Å². The SMILES string of the molecule is Cn1c(Nc2cccc([C@@H]3C[C@H]3C(=O)O)n2)nc2c1c(=O)n(Cc1ccc(Cl)c(Cl)c1)c(=O)n2C. The molecule has 5 rings (SSSR count). The topological polar surface area (TPSA) is 124 Å². The predicted octanol–water partition coefficient (Wildman–Crippen LogP) is 3.12. The van der Waals surface area contributed by atoms with Crippen molar-refractivity contribution in [1.29, 1.82) is 0 Å². The molecule has 3 heterocycles. The normalized spacial score (nSPS) is 17.0. The number of carbonyl (C=O) groups is 1. The number of rotatable bonds is 6. The van der Waals surface area contributed by atoms with Gasteiger partial charge in [-0.1, -0.05) is 35.3 Å². The van der Waals surface area contributed by atoms with E-state index in [0.29, 0.717) is 39.5 Å². The number of nitrogens with one attached hydrogen (secondary N) is 1. The van der Waals surface area contributed by atoms with Gasteiger partial charge in [0.25, 0.3) is 5.56 Å². The minimum absolute atomic E-state index is 0.0159. The van der Waals surface area contributed by atoms with Gasteiger partial charge in [-0.2, -0.15) is 4.98 Å². The molecule has 0 unspecified atom stereocenters. The van der Waals surface area contributed by atoms with Crippen LogP contribution in [0.25, 0.3) is 11.2 Å². The summed E-state index contributed by atoms with van der Waals surface area (Å²) >= 11 is 12.1. The molecule has 35 heavy (non-hydrogen) atoms. The molecule has 3 aromatic heterocycles. The first-order chi connectivity index (χ1) is 16.7. The molecular formula is C23H20Cl2N6O4. The molecule has 0 spiro atoms. The molecule has 1 fully saturated rings. The number of carboxylic acid groups (broad SMARTS) is 1. The van der Waals surface area contributed by atoms with Crippen LogP contribution in [0.5, 0.6) is 0 Å². The third-order valence-corrected chi connectivity index (χ3v) is 6.92. The second-order valence-corrected chi connectivity index (χ2v) is 9.32. The summed E-state index contributed by atoms with van der Waals surface area (Å²) in [6.07, 6.45) is 0.554. The third-order valence-electron chi connectivity index (χ3n) is 6.18. The standard InChI is InChI=1S/C23H20Cl2N6O4/c1-29-18-19(28-22(29)27-17-5-3-4-16(26-17)12-9-13(12)21(33)34)30(2)23(35)31(20(18)32)10-11-6-7-14(24)15(25)8-11/h3-8,12-13H,9-10H2,1-2H3,(H,33,34)(H,26,27,28)/t12-,13-/m1/s1. The molecule has 2 N–H and O–H groups in total. The van der Waals surface area contributed by atoms with Crippen molar-refractivity contribution in [3.05, 3.63) is 78.5 Å². The average molecular weight is 515 g/mol. The minimum Gasteiger partial charge on any atom is -0.481 e. The van der Waals surface area contributed by atoms with Crippen molar-refractivity contribution in [3.8, 4) is 0 Å².